The lowest BCUT2D eigenvalue weighted by Gasteiger charge is -2.15. The van der Waals surface area contributed by atoms with Crippen molar-refractivity contribution in [3.05, 3.63) is 47.8 Å². The summed E-state index contributed by atoms with van der Waals surface area (Å²) < 4.78 is 0. The molecule has 0 saturated heterocycles. The molecule has 108 valence electrons. The number of carbonyl (C=O) groups is 1. The van der Waals surface area contributed by atoms with Crippen LogP contribution < -0.4 is 10.2 Å². The molecule has 5 nitrogen and oxygen atoms in total. The first-order valence-electron chi connectivity index (χ1n) is 6.92. The highest BCUT2D eigenvalue weighted by Crippen LogP contribution is 2.30. The molecular weight excluding hydrogens is 266 g/mol. The summed E-state index contributed by atoms with van der Waals surface area (Å²) in [5.41, 5.74) is 4.07. The van der Waals surface area contributed by atoms with E-state index in [1.807, 2.05) is 12.1 Å². The Morgan fingerprint density at radius 1 is 1.38 bits per heavy atom. The highest BCUT2D eigenvalue weighted by molar-refractivity contribution is 5.94. The van der Waals surface area contributed by atoms with Gasteiger partial charge in [0, 0.05) is 24.8 Å². The number of anilines is 2. The Morgan fingerprint density at radius 2 is 2.24 bits per heavy atom. The SMILES string of the molecule is CC(=O)N1CCc2cc(NCc3ccc(O)cn3)ccc21. The zero-order valence-corrected chi connectivity index (χ0v) is 11.8. The number of fused-ring (bicyclic) bond motifs is 1. The van der Waals surface area contributed by atoms with Crippen molar-refractivity contribution >= 4 is 17.3 Å². The first-order chi connectivity index (χ1) is 10.1. The highest BCUT2D eigenvalue weighted by atomic mass is 16.3. The predicted octanol–water partition coefficient (Wildman–Crippen LogP) is 2.31. The van der Waals surface area contributed by atoms with Gasteiger partial charge >= 0.3 is 0 Å². The van der Waals surface area contributed by atoms with E-state index in [-0.39, 0.29) is 11.7 Å². The van der Waals surface area contributed by atoms with Gasteiger partial charge in [0.2, 0.25) is 5.91 Å². The second kappa shape index (κ2) is 5.44. The van der Waals surface area contributed by atoms with Crippen LogP contribution in [-0.4, -0.2) is 22.5 Å². The fraction of sp³-hybridized carbons (Fsp3) is 0.250. The van der Waals surface area contributed by atoms with E-state index in [0.29, 0.717) is 6.54 Å². The maximum absolute atomic E-state index is 11.5. The smallest absolute Gasteiger partial charge is 0.223 e. The quantitative estimate of drug-likeness (QED) is 0.907. The number of amides is 1. The van der Waals surface area contributed by atoms with E-state index in [9.17, 15) is 9.90 Å². The normalized spacial score (nSPS) is 13.1. The number of aromatic nitrogens is 1. The standard InChI is InChI=1S/C16H17N3O2/c1-11(20)19-7-6-12-8-13(3-5-16(12)19)17-9-14-2-4-15(21)10-18-14/h2-5,8,10,17,21H,6-7,9H2,1H3. The molecule has 21 heavy (non-hydrogen) atoms. The number of pyridine rings is 1. The van der Waals surface area contributed by atoms with E-state index < -0.39 is 0 Å². The molecule has 2 N–H and O–H groups in total. The van der Waals surface area contributed by atoms with Crippen molar-refractivity contribution in [3.63, 3.8) is 0 Å². The minimum atomic E-state index is 0.0859. The lowest BCUT2D eigenvalue weighted by atomic mass is 10.1. The molecule has 0 saturated carbocycles. The van der Waals surface area contributed by atoms with Gasteiger partial charge < -0.3 is 15.3 Å². The molecule has 2 heterocycles. The van der Waals surface area contributed by atoms with Crippen LogP contribution in [-0.2, 0) is 17.8 Å². The molecule has 5 heteroatoms. The number of hydrogen-bond acceptors (Lipinski definition) is 4. The molecule has 0 fully saturated rings. The van der Waals surface area contributed by atoms with Gasteiger partial charge in [-0.2, -0.15) is 0 Å². The monoisotopic (exact) mass is 283 g/mol. The molecule has 0 atom stereocenters. The van der Waals surface area contributed by atoms with Gasteiger partial charge in [-0.3, -0.25) is 9.78 Å². The fourth-order valence-electron chi connectivity index (χ4n) is 2.55. The summed E-state index contributed by atoms with van der Waals surface area (Å²) in [6.45, 7) is 2.95. The minimum absolute atomic E-state index is 0.0859. The maximum atomic E-state index is 11.5. The Labute approximate surface area is 123 Å². The number of benzene rings is 1. The van der Waals surface area contributed by atoms with Crippen molar-refractivity contribution in [1.29, 1.82) is 0 Å². The van der Waals surface area contributed by atoms with Crippen LogP contribution in [0.15, 0.2) is 36.5 Å². The van der Waals surface area contributed by atoms with Gasteiger partial charge in [0.15, 0.2) is 0 Å². The molecule has 0 radical (unpaired) electrons. The third kappa shape index (κ3) is 2.81. The van der Waals surface area contributed by atoms with Crippen molar-refractivity contribution in [2.24, 2.45) is 0 Å². The van der Waals surface area contributed by atoms with Crippen LogP contribution in [0.3, 0.4) is 0 Å². The topological polar surface area (TPSA) is 65.5 Å². The molecule has 1 amide bonds. The third-order valence-corrected chi connectivity index (χ3v) is 3.64. The second-order valence-electron chi connectivity index (χ2n) is 5.13. The van der Waals surface area contributed by atoms with E-state index >= 15 is 0 Å². The molecule has 1 aromatic carbocycles. The van der Waals surface area contributed by atoms with Gasteiger partial charge in [-0.05, 0) is 42.3 Å². The summed E-state index contributed by atoms with van der Waals surface area (Å²) in [6, 6.07) is 9.44. The summed E-state index contributed by atoms with van der Waals surface area (Å²) in [5.74, 6) is 0.253. The van der Waals surface area contributed by atoms with Crippen LogP contribution in [0.2, 0.25) is 0 Å². The minimum Gasteiger partial charge on any atom is -0.506 e. The number of nitrogens with one attached hydrogen (secondary N) is 1. The van der Waals surface area contributed by atoms with Crippen molar-refractivity contribution in [3.8, 4) is 5.75 Å². The molecule has 0 unspecified atom stereocenters. The van der Waals surface area contributed by atoms with E-state index in [2.05, 4.69) is 16.4 Å². The van der Waals surface area contributed by atoms with E-state index in [0.717, 1.165) is 30.0 Å². The highest BCUT2D eigenvalue weighted by Gasteiger charge is 2.21. The van der Waals surface area contributed by atoms with E-state index in [4.69, 9.17) is 0 Å². The fourth-order valence-corrected chi connectivity index (χ4v) is 2.55. The second-order valence-corrected chi connectivity index (χ2v) is 5.13. The molecule has 1 aliphatic rings. The average molecular weight is 283 g/mol. The lowest BCUT2D eigenvalue weighted by Crippen LogP contribution is -2.25. The number of aromatic hydroxyl groups is 1. The molecule has 2 aromatic rings. The summed E-state index contributed by atoms with van der Waals surface area (Å²) in [7, 11) is 0. The first kappa shape index (κ1) is 13.4. The number of nitrogens with zero attached hydrogens (tertiary/aromatic N) is 2. The number of rotatable bonds is 3. The van der Waals surface area contributed by atoms with E-state index in [1.165, 1.54) is 11.8 Å². The van der Waals surface area contributed by atoms with E-state index in [1.54, 1.807) is 24.0 Å². The van der Waals surface area contributed by atoms with Crippen LogP contribution in [0.4, 0.5) is 11.4 Å². The summed E-state index contributed by atoms with van der Waals surface area (Å²) in [6.07, 6.45) is 2.33. The molecule has 0 spiro atoms. The summed E-state index contributed by atoms with van der Waals surface area (Å²) >= 11 is 0. The summed E-state index contributed by atoms with van der Waals surface area (Å²) in [4.78, 5) is 17.5. The van der Waals surface area contributed by atoms with Crippen molar-refractivity contribution in [1.82, 2.24) is 4.98 Å². The largest absolute Gasteiger partial charge is 0.506 e. The zero-order chi connectivity index (χ0) is 14.8. The van der Waals surface area contributed by atoms with Gasteiger partial charge in [-0.15, -0.1) is 0 Å². The Balaban J connectivity index is 1.70. The van der Waals surface area contributed by atoms with Crippen LogP contribution in [0.5, 0.6) is 5.75 Å². The number of hydrogen-bond donors (Lipinski definition) is 2. The van der Waals surface area contributed by atoms with Crippen LogP contribution >= 0.6 is 0 Å². The van der Waals surface area contributed by atoms with Gasteiger partial charge in [0.1, 0.15) is 5.75 Å². The Bertz CT molecular complexity index is 668. The van der Waals surface area contributed by atoms with Crippen LogP contribution in [0, 0.1) is 0 Å². The van der Waals surface area contributed by atoms with Crippen LogP contribution in [0.25, 0.3) is 0 Å². The van der Waals surface area contributed by atoms with Crippen molar-refractivity contribution in [2.45, 2.75) is 19.9 Å². The van der Waals surface area contributed by atoms with Crippen LogP contribution in [0.1, 0.15) is 18.2 Å². The molecular formula is C16H17N3O2. The van der Waals surface area contributed by atoms with Crippen molar-refractivity contribution < 1.29 is 9.90 Å². The molecule has 1 aromatic heterocycles. The Kier molecular flexibility index (Phi) is 3.48. The molecule has 3 rings (SSSR count). The predicted molar refractivity (Wildman–Crippen MR) is 81.4 cm³/mol. The van der Waals surface area contributed by atoms with Crippen molar-refractivity contribution in [2.75, 3.05) is 16.8 Å². The molecule has 1 aliphatic heterocycles. The molecule has 0 bridgehead atoms. The Hall–Kier alpha value is -2.56. The maximum Gasteiger partial charge on any atom is 0.223 e. The zero-order valence-electron chi connectivity index (χ0n) is 11.8. The third-order valence-electron chi connectivity index (χ3n) is 3.64. The van der Waals surface area contributed by atoms with Gasteiger partial charge in [0.05, 0.1) is 18.4 Å². The average Bonchev–Trinajstić information content (AvgIpc) is 2.90. The van der Waals surface area contributed by atoms with Gasteiger partial charge in [-0.1, -0.05) is 0 Å². The van der Waals surface area contributed by atoms with Gasteiger partial charge in [-0.25, -0.2) is 0 Å². The van der Waals surface area contributed by atoms with Gasteiger partial charge in [0.25, 0.3) is 0 Å². The number of carbonyl (C=O) groups excluding carboxylic acids is 1. The first-order valence-corrected chi connectivity index (χ1v) is 6.92. The summed E-state index contributed by atoms with van der Waals surface area (Å²) in [5, 5.41) is 12.5. The Morgan fingerprint density at radius 3 is 2.95 bits per heavy atom. The molecule has 0 aliphatic carbocycles. The lowest BCUT2D eigenvalue weighted by molar-refractivity contribution is -0.116.